The molecule has 144 valence electrons. The number of aliphatic hydroxyl groups excluding tert-OH is 1. The van der Waals surface area contributed by atoms with Gasteiger partial charge in [0.15, 0.2) is 0 Å². The van der Waals surface area contributed by atoms with Gasteiger partial charge < -0.3 is 15.2 Å². The molecule has 2 heterocycles. The first-order valence-corrected chi connectivity index (χ1v) is 9.00. The molecule has 2 aliphatic rings. The highest BCUT2D eigenvalue weighted by Gasteiger charge is 2.43. The van der Waals surface area contributed by atoms with E-state index in [1.807, 2.05) is 12.1 Å². The molecule has 0 radical (unpaired) electrons. The maximum absolute atomic E-state index is 13.3. The summed E-state index contributed by atoms with van der Waals surface area (Å²) in [7, 11) is 0. The first-order chi connectivity index (χ1) is 13.3. The van der Waals surface area contributed by atoms with Crippen LogP contribution >= 0.6 is 0 Å². The van der Waals surface area contributed by atoms with E-state index in [1.165, 1.54) is 6.07 Å². The van der Waals surface area contributed by atoms with Crippen LogP contribution in [0.5, 0.6) is 0 Å². The summed E-state index contributed by atoms with van der Waals surface area (Å²) in [4.78, 5) is 12.2. The second-order valence-electron chi connectivity index (χ2n) is 7.34. The summed E-state index contributed by atoms with van der Waals surface area (Å²) in [6, 6.07) is 12.0. The van der Waals surface area contributed by atoms with Gasteiger partial charge in [-0.05, 0) is 39.9 Å². The van der Waals surface area contributed by atoms with Crippen molar-refractivity contribution in [3.63, 3.8) is 0 Å². The SMILES string of the molecule is O=C(c1cc2c(c3cc4ccccc4cc13)N[C@H]1C[C@@H]2[C@@H](O)CO1)C(F)(F)F. The largest absolute Gasteiger partial charge is 0.454 e. The zero-order valence-electron chi connectivity index (χ0n) is 14.6. The maximum Gasteiger partial charge on any atom is 0.454 e. The topological polar surface area (TPSA) is 58.6 Å². The Bertz CT molecular complexity index is 1130. The van der Waals surface area contributed by atoms with Crippen LogP contribution in [0.1, 0.15) is 28.3 Å². The molecule has 3 atom stereocenters. The lowest BCUT2D eigenvalue weighted by Crippen LogP contribution is -2.43. The van der Waals surface area contributed by atoms with E-state index in [4.69, 9.17) is 4.74 Å². The molecule has 0 aromatic heterocycles. The number of hydrogen-bond donors (Lipinski definition) is 2. The van der Waals surface area contributed by atoms with Crippen molar-refractivity contribution < 1.29 is 27.8 Å². The highest BCUT2D eigenvalue weighted by Crippen LogP contribution is 2.46. The Balaban J connectivity index is 1.87. The lowest BCUT2D eigenvalue weighted by molar-refractivity contribution is -0.0884. The van der Waals surface area contributed by atoms with Gasteiger partial charge in [0.05, 0.1) is 12.7 Å². The minimum atomic E-state index is -4.98. The molecule has 28 heavy (non-hydrogen) atoms. The molecule has 2 N–H and O–H groups in total. The Labute approximate surface area is 157 Å². The van der Waals surface area contributed by atoms with Gasteiger partial charge in [0.1, 0.15) is 6.23 Å². The zero-order chi connectivity index (χ0) is 19.6. The predicted octanol–water partition coefficient (Wildman–Crippen LogP) is 4.35. The quantitative estimate of drug-likeness (QED) is 0.481. The fraction of sp³-hybridized carbons (Fsp3) is 0.286. The second kappa shape index (κ2) is 5.93. The van der Waals surface area contributed by atoms with Crippen molar-refractivity contribution >= 4 is 33.0 Å². The van der Waals surface area contributed by atoms with E-state index in [9.17, 15) is 23.1 Å². The Morgan fingerprint density at radius 3 is 2.46 bits per heavy atom. The number of anilines is 1. The van der Waals surface area contributed by atoms with Crippen LogP contribution in [0.4, 0.5) is 18.9 Å². The smallest absolute Gasteiger partial charge is 0.390 e. The van der Waals surface area contributed by atoms with Gasteiger partial charge in [-0.25, -0.2) is 0 Å². The fourth-order valence-electron chi connectivity index (χ4n) is 4.31. The average Bonchev–Trinajstić information content (AvgIpc) is 2.67. The summed E-state index contributed by atoms with van der Waals surface area (Å²) in [6.45, 7) is 0.0973. The predicted molar refractivity (Wildman–Crippen MR) is 98.6 cm³/mol. The van der Waals surface area contributed by atoms with Gasteiger partial charge in [0.25, 0.3) is 5.78 Å². The van der Waals surface area contributed by atoms with E-state index >= 15 is 0 Å². The highest BCUT2D eigenvalue weighted by molar-refractivity contribution is 6.17. The molecular weight excluding hydrogens is 371 g/mol. The molecule has 1 fully saturated rings. The molecular formula is C21H16F3NO3. The van der Waals surface area contributed by atoms with Crippen molar-refractivity contribution in [3.8, 4) is 0 Å². The summed E-state index contributed by atoms with van der Waals surface area (Å²) in [5.41, 5.74) is 0.771. The number of fused-ring (bicyclic) bond motifs is 7. The van der Waals surface area contributed by atoms with Gasteiger partial charge in [-0.2, -0.15) is 13.2 Å². The van der Waals surface area contributed by atoms with Crippen LogP contribution in [0.15, 0.2) is 42.5 Å². The van der Waals surface area contributed by atoms with Gasteiger partial charge in [-0.1, -0.05) is 24.3 Å². The van der Waals surface area contributed by atoms with E-state index in [1.54, 1.807) is 24.3 Å². The first-order valence-electron chi connectivity index (χ1n) is 9.00. The lowest BCUT2D eigenvalue weighted by Gasteiger charge is -2.41. The Hall–Kier alpha value is -2.64. The second-order valence-corrected chi connectivity index (χ2v) is 7.34. The average molecular weight is 387 g/mol. The Morgan fingerprint density at radius 1 is 1.11 bits per heavy atom. The number of carbonyl (C=O) groups excluding carboxylic acids is 1. The molecule has 1 saturated heterocycles. The van der Waals surface area contributed by atoms with E-state index in [2.05, 4.69) is 5.32 Å². The molecule has 0 amide bonds. The molecule has 3 aromatic rings. The van der Waals surface area contributed by atoms with Gasteiger partial charge in [0, 0.05) is 29.0 Å². The third-order valence-electron chi connectivity index (χ3n) is 5.64. The molecule has 2 aliphatic heterocycles. The normalized spacial score (nSPS) is 24.1. The first kappa shape index (κ1) is 17.5. The number of halogens is 3. The third kappa shape index (κ3) is 2.57. The van der Waals surface area contributed by atoms with Crippen LogP contribution in [0.25, 0.3) is 21.5 Å². The van der Waals surface area contributed by atoms with Gasteiger partial charge in [-0.3, -0.25) is 4.79 Å². The van der Waals surface area contributed by atoms with Crippen molar-refractivity contribution in [3.05, 3.63) is 53.6 Å². The molecule has 2 bridgehead atoms. The molecule has 0 unspecified atom stereocenters. The van der Waals surface area contributed by atoms with E-state index in [0.29, 0.717) is 23.1 Å². The van der Waals surface area contributed by atoms with Crippen LogP contribution in [0.3, 0.4) is 0 Å². The number of nitrogens with one attached hydrogen (secondary N) is 1. The number of alkyl halides is 3. The molecule has 0 spiro atoms. The van der Waals surface area contributed by atoms with Gasteiger partial charge in [-0.15, -0.1) is 0 Å². The molecule has 7 heteroatoms. The van der Waals surface area contributed by atoms with E-state index < -0.39 is 18.1 Å². The van der Waals surface area contributed by atoms with Crippen LogP contribution in [0, 0.1) is 0 Å². The van der Waals surface area contributed by atoms with E-state index in [-0.39, 0.29) is 29.7 Å². The summed E-state index contributed by atoms with van der Waals surface area (Å²) in [5, 5.41) is 15.9. The molecule has 3 aromatic carbocycles. The van der Waals surface area contributed by atoms with Crippen LogP contribution < -0.4 is 5.32 Å². The standard InChI is InChI=1S/C21H16F3NO3/c22-21(23,24)20(27)16-7-15-13-8-18(28-9-17(13)26)25-19(15)14-6-11-4-2-1-3-10(11)5-12(14)16/h1-7,13,17-18,25-26H,8-9H2/t13-,17-,18+/m0/s1. The molecule has 0 aliphatic carbocycles. The van der Waals surface area contributed by atoms with Crippen molar-refractivity contribution in [1.82, 2.24) is 0 Å². The maximum atomic E-state index is 13.3. The number of benzene rings is 3. The number of ketones is 1. The number of aliphatic hydroxyl groups is 1. The Kier molecular flexibility index (Phi) is 3.70. The Morgan fingerprint density at radius 2 is 1.79 bits per heavy atom. The fourth-order valence-corrected chi connectivity index (χ4v) is 4.31. The third-order valence-corrected chi connectivity index (χ3v) is 5.64. The van der Waals surface area contributed by atoms with Gasteiger partial charge in [0.2, 0.25) is 0 Å². The minimum absolute atomic E-state index is 0.0973. The van der Waals surface area contributed by atoms with Crippen LogP contribution in [0.2, 0.25) is 0 Å². The van der Waals surface area contributed by atoms with Crippen molar-refractivity contribution in [1.29, 1.82) is 0 Å². The minimum Gasteiger partial charge on any atom is -0.390 e. The number of Topliss-reactive ketones (excluding diaryl/α,β-unsaturated/α-hetero) is 1. The highest BCUT2D eigenvalue weighted by atomic mass is 19.4. The van der Waals surface area contributed by atoms with E-state index in [0.717, 1.165) is 10.8 Å². The number of carbonyl (C=O) groups is 1. The lowest BCUT2D eigenvalue weighted by atomic mass is 9.80. The van der Waals surface area contributed by atoms with Crippen molar-refractivity contribution in [2.75, 3.05) is 11.9 Å². The summed E-state index contributed by atoms with van der Waals surface area (Å²) in [6.07, 6.45) is -5.69. The van der Waals surface area contributed by atoms with Crippen molar-refractivity contribution in [2.24, 2.45) is 0 Å². The monoisotopic (exact) mass is 387 g/mol. The molecule has 5 rings (SSSR count). The molecule has 0 saturated carbocycles. The van der Waals surface area contributed by atoms with Crippen LogP contribution in [-0.2, 0) is 4.74 Å². The van der Waals surface area contributed by atoms with Gasteiger partial charge >= 0.3 is 6.18 Å². The zero-order valence-corrected chi connectivity index (χ0v) is 14.6. The van der Waals surface area contributed by atoms with Crippen molar-refractivity contribution in [2.45, 2.75) is 30.8 Å². The summed E-state index contributed by atoms with van der Waals surface area (Å²) < 4.78 is 45.5. The number of hydrogen-bond acceptors (Lipinski definition) is 4. The van der Waals surface area contributed by atoms with Crippen LogP contribution in [-0.4, -0.2) is 36.0 Å². The summed E-state index contributed by atoms with van der Waals surface area (Å²) in [5.74, 6) is -2.26. The number of ether oxygens (including phenoxy) is 1. The summed E-state index contributed by atoms with van der Waals surface area (Å²) >= 11 is 0. The number of rotatable bonds is 1. The molecule has 4 nitrogen and oxygen atoms in total.